The van der Waals surface area contributed by atoms with E-state index in [0.29, 0.717) is 42.3 Å². The van der Waals surface area contributed by atoms with Crippen LogP contribution in [0.1, 0.15) is 36.6 Å². The van der Waals surface area contributed by atoms with E-state index in [-0.39, 0.29) is 32.8 Å². The summed E-state index contributed by atoms with van der Waals surface area (Å²) in [5.41, 5.74) is 8.20. The molecule has 1 unspecified atom stereocenters. The minimum absolute atomic E-state index is 0.0995. The third-order valence-electron chi connectivity index (χ3n) is 6.97. The Morgan fingerprint density at radius 3 is 2.59 bits per heavy atom. The zero-order chi connectivity index (χ0) is 27.9. The van der Waals surface area contributed by atoms with Gasteiger partial charge in [-0.25, -0.2) is 14.8 Å². The molecule has 1 amide bonds. The Balaban J connectivity index is 1.24. The molecule has 2 aliphatic heterocycles. The summed E-state index contributed by atoms with van der Waals surface area (Å²) in [7, 11) is 0. The molecular weight excluding hydrogens is 546 g/mol. The Hall–Kier alpha value is -3.63. The zero-order valence-electron chi connectivity index (χ0n) is 21.4. The number of carbonyl (C=O) groups excluding carboxylic acids is 1. The summed E-state index contributed by atoms with van der Waals surface area (Å²) in [4.78, 5) is 23.8. The van der Waals surface area contributed by atoms with Crippen molar-refractivity contribution in [2.75, 3.05) is 43.4 Å². The highest BCUT2D eigenvalue weighted by molar-refractivity contribution is 6.35. The topological polar surface area (TPSA) is 118 Å². The van der Waals surface area contributed by atoms with Gasteiger partial charge in [0, 0.05) is 66.4 Å². The number of halogens is 3. The van der Waals surface area contributed by atoms with Gasteiger partial charge in [0.25, 0.3) is 0 Å². The molecule has 2 aromatic heterocycles. The second-order valence-corrected chi connectivity index (χ2v) is 10.6. The van der Waals surface area contributed by atoms with Crippen LogP contribution in [0.15, 0.2) is 42.7 Å². The SMILES string of the molecule is CCOC(=O)N1CC2(C1)CN(c1ccc(C(=N)c3cc(OC(C)c4c(Cl)cnc(F)c4Cl)ccc3N)cn1)C2. The van der Waals surface area contributed by atoms with E-state index in [1.165, 1.54) is 6.20 Å². The third kappa shape index (κ3) is 5.18. The van der Waals surface area contributed by atoms with Gasteiger partial charge in [-0.1, -0.05) is 23.2 Å². The van der Waals surface area contributed by atoms with Crippen LogP contribution in [0, 0.1) is 16.8 Å². The Kier molecular flexibility index (Phi) is 7.26. The standard InChI is InChI=1S/C27H27Cl2FN6O3/c1-3-38-26(37)36-13-27(14-36)11-35(12-27)21-7-4-16(9-33-21)24(32)18-8-17(5-6-20(18)31)39-15(2)22-19(28)10-34-25(30)23(22)29/h4-10,15,32H,3,11-14,31H2,1-2H3. The highest BCUT2D eigenvalue weighted by Crippen LogP contribution is 2.41. The van der Waals surface area contributed by atoms with Crippen molar-refractivity contribution in [1.82, 2.24) is 14.9 Å². The number of nitrogen functional groups attached to an aromatic ring is 1. The maximum absolute atomic E-state index is 13.9. The minimum Gasteiger partial charge on any atom is -0.486 e. The van der Waals surface area contributed by atoms with E-state index in [2.05, 4.69) is 14.9 Å². The number of nitrogens with zero attached hydrogens (tertiary/aromatic N) is 4. The van der Waals surface area contributed by atoms with Crippen molar-refractivity contribution >= 4 is 46.5 Å². The van der Waals surface area contributed by atoms with Crippen molar-refractivity contribution in [2.45, 2.75) is 20.0 Å². The highest BCUT2D eigenvalue weighted by atomic mass is 35.5. The van der Waals surface area contributed by atoms with E-state index in [1.807, 2.05) is 12.1 Å². The number of aromatic nitrogens is 2. The van der Waals surface area contributed by atoms with E-state index in [9.17, 15) is 9.18 Å². The summed E-state index contributed by atoms with van der Waals surface area (Å²) in [5, 5.41) is 8.73. The average molecular weight is 573 g/mol. The second kappa shape index (κ2) is 10.5. The van der Waals surface area contributed by atoms with Crippen molar-refractivity contribution in [3.8, 4) is 5.75 Å². The molecule has 3 N–H and O–H groups in total. The molecule has 1 spiro atoms. The van der Waals surface area contributed by atoms with Gasteiger partial charge in [-0.15, -0.1) is 0 Å². The number of benzene rings is 1. The molecule has 204 valence electrons. The van der Waals surface area contributed by atoms with Gasteiger partial charge in [0.1, 0.15) is 22.7 Å². The fourth-order valence-corrected chi connectivity index (χ4v) is 5.68. The Bertz CT molecular complexity index is 1420. The van der Waals surface area contributed by atoms with E-state index in [1.54, 1.807) is 43.1 Å². The quantitative estimate of drug-likeness (QED) is 0.223. The van der Waals surface area contributed by atoms with Crippen molar-refractivity contribution in [3.63, 3.8) is 0 Å². The molecule has 2 saturated heterocycles. The van der Waals surface area contributed by atoms with Gasteiger partial charge in [-0.2, -0.15) is 4.39 Å². The fourth-order valence-electron chi connectivity index (χ4n) is 5.03. The number of ether oxygens (including phenoxy) is 2. The first-order chi connectivity index (χ1) is 18.6. The Labute approximate surface area is 235 Å². The first-order valence-corrected chi connectivity index (χ1v) is 13.1. The molecule has 1 aromatic carbocycles. The van der Waals surface area contributed by atoms with Crippen LogP contribution < -0.4 is 15.4 Å². The number of hydrogen-bond acceptors (Lipinski definition) is 8. The van der Waals surface area contributed by atoms with E-state index < -0.39 is 12.1 Å². The molecule has 3 aromatic rings. The maximum atomic E-state index is 13.9. The minimum atomic E-state index is -0.832. The van der Waals surface area contributed by atoms with E-state index >= 15 is 0 Å². The molecule has 1 atom stereocenters. The molecule has 4 heterocycles. The predicted octanol–water partition coefficient (Wildman–Crippen LogP) is 5.34. The van der Waals surface area contributed by atoms with Gasteiger partial charge in [0.15, 0.2) is 0 Å². The number of carbonyl (C=O) groups is 1. The number of pyridine rings is 2. The van der Waals surface area contributed by atoms with Crippen LogP contribution in [-0.4, -0.2) is 59.5 Å². The predicted molar refractivity (Wildman–Crippen MR) is 148 cm³/mol. The van der Waals surface area contributed by atoms with Crippen molar-refractivity contribution in [1.29, 1.82) is 5.41 Å². The maximum Gasteiger partial charge on any atom is 0.409 e. The first kappa shape index (κ1) is 27.0. The number of anilines is 2. The largest absolute Gasteiger partial charge is 0.486 e. The van der Waals surface area contributed by atoms with Gasteiger partial charge in [0.05, 0.1) is 17.3 Å². The Morgan fingerprint density at radius 1 is 1.18 bits per heavy atom. The van der Waals surface area contributed by atoms with Gasteiger partial charge in [-0.05, 0) is 44.2 Å². The summed E-state index contributed by atoms with van der Waals surface area (Å²) < 4.78 is 24.9. The molecule has 5 rings (SSSR count). The normalized spacial score (nSPS) is 16.3. The number of rotatable bonds is 7. The molecule has 0 aliphatic carbocycles. The van der Waals surface area contributed by atoms with E-state index in [0.717, 1.165) is 18.9 Å². The molecule has 0 bridgehead atoms. The number of nitrogens with two attached hydrogens (primary N) is 1. The molecule has 9 nitrogen and oxygen atoms in total. The number of hydrogen-bond donors (Lipinski definition) is 2. The lowest BCUT2D eigenvalue weighted by Gasteiger charge is -2.59. The number of likely N-dealkylation sites (tertiary alicyclic amines) is 1. The van der Waals surface area contributed by atoms with Crippen LogP contribution in [0.25, 0.3) is 0 Å². The molecule has 0 saturated carbocycles. The van der Waals surface area contributed by atoms with Crippen LogP contribution in [-0.2, 0) is 4.74 Å². The average Bonchev–Trinajstić information content (AvgIpc) is 2.86. The van der Waals surface area contributed by atoms with Crippen LogP contribution in [0.3, 0.4) is 0 Å². The lowest BCUT2D eigenvalue weighted by Crippen LogP contribution is -2.73. The summed E-state index contributed by atoms with van der Waals surface area (Å²) in [6, 6.07) is 8.65. The lowest BCUT2D eigenvalue weighted by molar-refractivity contribution is -0.0196. The van der Waals surface area contributed by atoms with Crippen molar-refractivity contribution in [3.05, 3.63) is 75.4 Å². The molecule has 2 aliphatic rings. The monoisotopic (exact) mass is 572 g/mol. The van der Waals surface area contributed by atoms with Gasteiger partial charge in [0.2, 0.25) is 5.95 Å². The Morgan fingerprint density at radius 2 is 1.92 bits per heavy atom. The highest BCUT2D eigenvalue weighted by Gasteiger charge is 2.54. The van der Waals surface area contributed by atoms with Crippen LogP contribution >= 0.6 is 23.2 Å². The van der Waals surface area contributed by atoms with Crippen LogP contribution in [0.2, 0.25) is 10.0 Å². The van der Waals surface area contributed by atoms with Crippen molar-refractivity contribution < 1.29 is 18.7 Å². The number of amides is 1. The summed E-state index contributed by atoms with van der Waals surface area (Å²) in [5.74, 6) is 0.388. The summed E-state index contributed by atoms with van der Waals surface area (Å²) >= 11 is 12.2. The first-order valence-electron chi connectivity index (χ1n) is 12.4. The molecule has 39 heavy (non-hydrogen) atoms. The molecule has 2 fully saturated rings. The summed E-state index contributed by atoms with van der Waals surface area (Å²) in [6.07, 6.45) is 1.88. The summed E-state index contributed by atoms with van der Waals surface area (Å²) in [6.45, 7) is 6.87. The van der Waals surface area contributed by atoms with Crippen LogP contribution in [0.4, 0.5) is 20.7 Å². The molecular formula is C27H27Cl2FN6O3. The third-order valence-corrected chi connectivity index (χ3v) is 7.63. The van der Waals surface area contributed by atoms with Crippen molar-refractivity contribution in [2.24, 2.45) is 5.41 Å². The van der Waals surface area contributed by atoms with E-state index in [4.69, 9.17) is 43.8 Å². The van der Waals surface area contributed by atoms with Crippen LogP contribution in [0.5, 0.6) is 5.75 Å². The van der Waals surface area contributed by atoms with Gasteiger partial charge >= 0.3 is 6.09 Å². The smallest absolute Gasteiger partial charge is 0.409 e. The number of nitrogens with one attached hydrogen (secondary N) is 1. The van der Waals surface area contributed by atoms with Gasteiger partial charge < -0.3 is 25.0 Å². The fraction of sp³-hybridized carbons (Fsp3) is 0.333. The molecule has 12 heteroatoms. The van der Waals surface area contributed by atoms with Gasteiger partial charge in [-0.3, -0.25) is 5.41 Å². The molecule has 0 radical (unpaired) electrons. The zero-order valence-corrected chi connectivity index (χ0v) is 22.9. The lowest BCUT2D eigenvalue weighted by atomic mass is 9.73. The second-order valence-electron chi connectivity index (χ2n) is 9.82.